The Morgan fingerprint density at radius 3 is 2.50 bits per heavy atom. The number of benzene rings is 1. The zero-order valence-electron chi connectivity index (χ0n) is 12.6. The minimum Gasteiger partial charge on any atom is -0.372 e. The minimum absolute atomic E-state index is 0.100. The highest BCUT2D eigenvalue weighted by molar-refractivity contribution is 7.80. The van der Waals surface area contributed by atoms with E-state index in [4.69, 9.17) is 28.6 Å². The number of morpholine rings is 1. The Labute approximate surface area is 141 Å². The molecule has 1 aromatic rings. The number of thiocarbonyl (C=S) groups is 1. The molecule has 0 spiro atoms. The molecule has 22 heavy (non-hydrogen) atoms. The summed E-state index contributed by atoms with van der Waals surface area (Å²) in [5, 5.41) is 3.83. The molecule has 1 heterocycles. The number of ether oxygens (including phenoxy) is 1. The van der Waals surface area contributed by atoms with Crippen LogP contribution >= 0.6 is 23.8 Å². The Kier molecular flexibility index (Phi) is 5.94. The van der Waals surface area contributed by atoms with E-state index in [1.807, 2.05) is 30.9 Å². The van der Waals surface area contributed by atoms with Crippen molar-refractivity contribution in [2.24, 2.45) is 0 Å². The predicted octanol–water partition coefficient (Wildman–Crippen LogP) is 2.86. The van der Waals surface area contributed by atoms with Crippen LogP contribution in [0.15, 0.2) is 30.3 Å². The lowest BCUT2D eigenvalue weighted by Gasteiger charge is -2.36. The van der Waals surface area contributed by atoms with Gasteiger partial charge in [-0.3, -0.25) is 10.1 Å². The summed E-state index contributed by atoms with van der Waals surface area (Å²) >= 11 is 11.1. The zero-order chi connectivity index (χ0) is 16.1. The highest BCUT2D eigenvalue weighted by Crippen LogP contribution is 2.11. The Hall–Kier alpha value is -1.43. The Morgan fingerprint density at radius 1 is 1.32 bits per heavy atom. The molecule has 1 aromatic carbocycles. The number of halogens is 1. The van der Waals surface area contributed by atoms with E-state index in [0.29, 0.717) is 23.2 Å². The van der Waals surface area contributed by atoms with Gasteiger partial charge < -0.3 is 9.64 Å². The lowest BCUT2D eigenvalue weighted by molar-refractivity contribution is -0.115. The maximum Gasteiger partial charge on any atom is 0.250 e. The third-order valence-electron chi connectivity index (χ3n) is 3.23. The van der Waals surface area contributed by atoms with Gasteiger partial charge in [0.2, 0.25) is 5.91 Å². The number of amides is 1. The van der Waals surface area contributed by atoms with E-state index in [1.165, 1.54) is 6.08 Å². The van der Waals surface area contributed by atoms with Gasteiger partial charge in [-0.15, -0.1) is 0 Å². The first-order valence-electron chi connectivity index (χ1n) is 7.13. The molecule has 0 aliphatic carbocycles. The summed E-state index contributed by atoms with van der Waals surface area (Å²) in [4.78, 5) is 13.9. The van der Waals surface area contributed by atoms with Crippen molar-refractivity contribution < 1.29 is 9.53 Å². The van der Waals surface area contributed by atoms with Crippen molar-refractivity contribution >= 4 is 40.9 Å². The topological polar surface area (TPSA) is 41.6 Å². The number of carbonyl (C=O) groups is 1. The number of rotatable bonds is 2. The Balaban J connectivity index is 1.88. The maximum absolute atomic E-state index is 11.9. The van der Waals surface area contributed by atoms with Crippen LogP contribution in [-0.2, 0) is 9.53 Å². The Morgan fingerprint density at radius 2 is 1.91 bits per heavy atom. The molecule has 1 aliphatic heterocycles. The van der Waals surface area contributed by atoms with Gasteiger partial charge in [-0.25, -0.2) is 0 Å². The molecule has 1 fully saturated rings. The van der Waals surface area contributed by atoms with Crippen LogP contribution in [0.3, 0.4) is 0 Å². The van der Waals surface area contributed by atoms with Crippen molar-refractivity contribution in [2.45, 2.75) is 26.1 Å². The van der Waals surface area contributed by atoms with Crippen molar-refractivity contribution in [2.75, 3.05) is 13.1 Å². The average molecular weight is 339 g/mol. The van der Waals surface area contributed by atoms with Crippen molar-refractivity contribution in [1.29, 1.82) is 0 Å². The van der Waals surface area contributed by atoms with Crippen LogP contribution in [0, 0.1) is 0 Å². The minimum atomic E-state index is -0.244. The van der Waals surface area contributed by atoms with Gasteiger partial charge in [0.25, 0.3) is 0 Å². The number of hydrogen-bond acceptors (Lipinski definition) is 3. The molecular weight excluding hydrogens is 320 g/mol. The van der Waals surface area contributed by atoms with Gasteiger partial charge in [-0.05, 0) is 49.8 Å². The van der Waals surface area contributed by atoms with Crippen molar-refractivity contribution in [3.05, 3.63) is 40.9 Å². The van der Waals surface area contributed by atoms with Gasteiger partial charge in [-0.1, -0.05) is 23.7 Å². The van der Waals surface area contributed by atoms with Crippen LogP contribution in [0.5, 0.6) is 0 Å². The number of carbonyl (C=O) groups excluding carboxylic acids is 1. The summed E-state index contributed by atoms with van der Waals surface area (Å²) in [7, 11) is 0. The third kappa shape index (κ3) is 5.09. The van der Waals surface area contributed by atoms with Gasteiger partial charge in [0.1, 0.15) is 0 Å². The second-order valence-electron chi connectivity index (χ2n) is 5.34. The van der Waals surface area contributed by atoms with Gasteiger partial charge in [0, 0.05) is 24.2 Å². The molecule has 2 atom stereocenters. The smallest absolute Gasteiger partial charge is 0.250 e. The molecule has 0 aromatic heterocycles. The molecule has 2 rings (SSSR count). The standard InChI is InChI=1S/C16H19ClN2O2S/c1-11-9-19(10-12(2)21-11)16(22)18-15(20)8-5-13-3-6-14(17)7-4-13/h3-8,11-12H,9-10H2,1-2H3,(H,18,20,22)/b8-5+. The molecule has 6 heteroatoms. The van der Waals surface area contributed by atoms with E-state index in [9.17, 15) is 4.79 Å². The molecule has 1 saturated heterocycles. The van der Waals surface area contributed by atoms with E-state index < -0.39 is 0 Å². The summed E-state index contributed by atoms with van der Waals surface area (Å²) < 4.78 is 5.65. The average Bonchev–Trinajstić information content (AvgIpc) is 2.45. The molecule has 0 radical (unpaired) electrons. The summed E-state index contributed by atoms with van der Waals surface area (Å²) in [6, 6.07) is 7.24. The Bertz CT molecular complexity index is 564. The van der Waals surface area contributed by atoms with Crippen molar-refractivity contribution in [3.8, 4) is 0 Å². The van der Waals surface area contributed by atoms with Crippen LogP contribution in [0.4, 0.5) is 0 Å². The molecule has 0 bridgehead atoms. The number of hydrogen-bond donors (Lipinski definition) is 1. The summed E-state index contributed by atoms with van der Waals surface area (Å²) in [6.45, 7) is 5.36. The first kappa shape index (κ1) is 16.9. The van der Waals surface area contributed by atoms with Gasteiger partial charge in [0.15, 0.2) is 5.11 Å². The lowest BCUT2D eigenvalue weighted by atomic mass is 10.2. The van der Waals surface area contributed by atoms with Crippen LogP contribution in [0.25, 0.3) is 6.08 Å². The van der Waals surface area contributed by atoms with Crippen LogP contribution in [0.2, 0.25) is 5.02 Å². The summed E-state index contributed by atoms with van der Waals surface area (Å²) in [5.74, 6) is -0.244. The van der Waals surface area contributed by atoms with E-state index >= 15 is 0 Å². The number of nitrogens with one attached hydrogen (secondary N) is 1. The maximum atomic E-state index is 11.9. The van der Waals surface area contributed by atoms with Crippen LogP contribution < -0.4 is 5.32 Å². The first-order chi connectivity index (χ1) is 10.4. The fraction of sp³-hybridized carbons (Fsp3) is 0.375. The number of nitrogens with zero attached hydrogens (tertiary/aromatic N) is 1. The SMILES string of the molecule is CC1CN(C(=S)NC(=O)/C=C/c2ccc(Cl)cc2)CC(C)O1. The van der Waals surface area contributed by atoms with E-state index in [2.05, 4.69) is 5.32 Å². The predicted molar refractivity (Wildman–Crippen MR) is 92.8 cm³/mol. The molecular formula is C16H19ClN2O2S. The first-order valence-corrected chi connectivity index (χ1v) is 7.91. The summed E-state index contributed by atoms with van der Waals surface area (Å²) in [5.41, 5.74) is 0.902. The van der Waals surface area contributed by atoms with Crippen molar-refractivity contribution in [3.63, 3.8) is 0 Å². The second kappa shape index (κ2) is 7.72. The lowest BCUT2D eigenvalue weighted by Crippen LogP contribution is -2.52. The monoisotopic (exact) mass is 338 g/mol. The largest absolute Gasteiger partial charge is 0.372 e. The fourth-order valence-electron chi connectivity index (χ4n) is 2.32. The molecule has 0 saturated carbocycles. The molecule has 1 amide bonds. The normalized spacial score (nSPS) is 21.9. The molecule has 2 unspecified atom stereocenters. The van der Waals surface area contributed by atoms with Crippen LogP contribution in [-0.4, -0.2) is 41.2 Å². The van der Waals surface area contributed by atoms with E-state index in [-0.39, 0.29) is 18.1 Å². The second-order valence-corrected chi connectivity index (χ2v) is 6.16. The fourth-order valence-corrected chi connectivity index (χ4v) is 2.69. The molecule has 1 aliphatic rings. The third-order valence-corrected chi connectivity index (χ3v) is 3.85. The van der Waals surface area contributed by atoms with E-state index in [0.717, 1.165) is 5.56 Å². The summed E-state index contributed by atoms with van der Waals surface area (Å²) in [6.07, 6.45) is 3.38. The van der Waals surface area contributed by atoms with Crippen molar-refractivity contribution in [1.82, 2.24) is 10.2 Å². The zero-order valence-corrected chi connectivity index (χ0v) is 14.2. The van der Waals surface area contributed by atoms with Gasteiger partial charge in [-0.2, -0.15) is 0 Å². The van der Waals surface area contributed by atoms with Gasteiger partial charge >= 0.3 is 0 Å². The molecule has 1 N–H and O–H groups in total. The highest BCUT2D eigenvalue weighted by Gasteiger charge is 2.24. The highest BCUT2D eigenvalue weighted by atomic mass is 35.5. The quantitative estimate of drug-likeness (QED) is 0.665. The van der Waals surface area contributed by atoms with Gasteiger partial charge in [0.05, 0.1) is 12.2 Å². The molecule has 118 valence electrons. The van der Waals surface area contributed by atoms with E-state index in [1.54, 1.807) is 18.2 Å². The van der Waals surface area contributed by atoms with Crippen LogP contribution in [0.1, 0.15) is 19.4 Å². The molecule has 4 nitrogen and oxygen atoms in total.